The maximum atomic E-state index is 12.5. The van der Waals surface area contributed by atoms with E-state index in [2.05, 4.69) is 5.32 Å². The monoisotopic (exact) mass is 410 g/mol. The largest absolute Gasteiger partial charge is 0.494 e. The molecule has 7 nitrogen and oxygen atoms in total. The standard InChI is InChI=1S/C21H18N2O5S/c24-19-18(29-21(26)22-19)12-14-6-8-15(9-7-14)27-11-3-10-23-13-28-17-5-2-1-4-16(17)20(23)25/h1-2,4-9,12H,3,10-11,13H2,(H,22,24,26)/b18-12-. The lowest BCUT2D eigenvalue weighted by Gasteiger charge is -2.28. The van der Waals surface area contributed by atoms with E-state index in [1.165, 1.54) is 0 Å². The Bertz CT molecular complexity index is 987. The van der Waals surface area contributed by atoms with Crippen LogP contribution in [-0.2, 0) is 4.79 Å². The fourth-order valence-electron chi connectivity index (χ4n) is 2.99. The van der Waals surface area contributed by atoms with Gasteiger partial charge < -0.3 is 14.4 Å². The fourth-order valence-corrected chi connectivity index (χ4v) is 3.67. The van der Waals surface area contributed by atoms with Crippen LogP contribution in [0.15, 0.2) is 53.4 Å². The number of benzene rings is 2. The van der Waals surface area contributed by atoms with Gasteiger partial charge >= 0.3 is 0 Å². The van der Waals surface area contributed by atoms with E-state index in [0.717, 1.165) is 17.3 Å². The van der Waals surface area contributed by atoms with Crippen molar-refractivity contribution >= 4 is 34.9 Å². The smallest absolute Gasteiger partial charge is 0.290 e. The van der Waals surface area contributed by atoms with Crippen LogP contribution in [0.25, 0.3) is 6.08 Å². The number of rotatable bonds is 6. The summed E-state index contributed by atoms with van der Waals surface area (Å²) in [5.41, 5.74) is 1.39. The maximum Gasteiger partial charge on any atom is 0.290 e. The molecule has 0 spiro atoms. The van der Waals surface area contributed by atoms with Crippen LogP contribution in [0.2, 0.25) is 0 Å². The number of nitrogens with zero attached hydrogens (tertiary/aromatic N) is 1. The molecule has 1 fully saturated rings. The van der Waals surface area contributed by atoms with E-state index in [-0.39, 0.29) is 23.8 Å². The number of amides is 3. The molecule has 2 aromatic carbocycles. The Labute approximate surface area is 171 Å². The topological polar surface area (TPSA) is 84.9 Å². The van der Waals surface area contributed by atoms with Gasteiger partial charge in [-0.15, -0.1) is 0 Å². The van der Waals surface area contributed by atoms with Crippen LogP contribution in [0.4, 0.5) is 4.79 Å². The number of hydrogen-bond donors (Lipinski definition) is 1. The molecule has 0 aliphatic carbocycles. The Morgan fingerprint density at radius 1 is 1.10 bits per heavy atom. The second kappa shape index (κ2) is 8.40. The Hall–Kier alpha value is -3.26. The number of para-hydroxylation sites is 1. The molecule has 0 aromatic heterocycles. The van der Waals surface area contributed by atoms with E-state index in [1.54, 1.807) is 35.2 Å². The molecule has 148 valence electrons. The number of carbonyl (C=O) groups is 3. The van der Waals surface area contributed by atoms with Crippen molar-refractivity contribution in [2.24, 2.45) is 0 Å². The molecule has 8 heteroatoms. The third-order valence-corrected chi connectivity index (χ3v) is 5.25. The molecule has 3 amide bonds. The lowest BCUT2D eigenvalue weighted by atomic mass is 10.1. The van der Waals surface area contributed by atoms with Crippen molar-refractivity contribution in [3.8, 4) is 11.5 Å². The highest BCUT2D eigenvalue weighted by atomic mass is 32.2. The first-order valence-electron chi connectivity index (χ1n) is 9.09. The van der Waals surface area contributed by atoms with Crippen LogP contribution in [0.5, 0.6) is 11.5 Å². The molecule has 29 heavy (non-hydrogen) atoms. The predicted octanol–water partition coefficient (Wildman–Crippen LogP) is 3.27. The zero-order chi connectivity index (χ0) is 20.2. The highest BCUT2D eigenvalue weighted by molar-refractivity contribution is 8.18. The quantitative estimate of drug-likeness (QED) is 0.581. The lowest BCUT2D eigenvalue weighted by molar-refractivity contribution is -0.115. The first kappa shape index (κ1) is 19.1. The number of imide groups is 1. The van der Waals surface area contributed by atoms with Gasteiger partial charge in [-0.2, -0.15) is 0 Å². The van der Waals surface area contributed by atoms with E-state index < -0.39 is 0 Å². The number of carbonyl (C=O) groups excluding carboxylic acids is 3. The molecule has 0 radical (unpaired) electrons. The minimum atomic E-state index is -0.376. The highest BCUT2D eigenvalue weighted by Crippen LogP contribution is 2.26. The van der Waals surface area contributed by atoms with Gasteiger partial charge in [0.15, 0.2) is 6.73 Å². The molecule has 2 aliphatic rings. The molecule has 0 saturated carbocycles. The lowest BCUT2D eigenvalue weighted by Crippen LogP contribution is -2.39. The number of nitrogens with one attached hydrogen (secondary N) is 1. The van der Waals surface area contributed by atoms with Crippen molar-refractivity contribution in [1.29, 1.82) is 0 Å². The van der Waals surface area contributed by atoms with Gasteiger partial charge in [0.1, 0.15) is 11.5 Å². The summed E-state index contributed by atoms with van der Waals surface area (Å²) in [5.74, 6) is 0.909. The average molecular weight is 410 g/mol. The summed E-state index contributed by atoms with van der Waals surface area (Å²) in [6.45, 7) is 1.24. The maximum absolute atomic E-state index is 12.5. The van der Waals surface area contributed by atoms with Gasteiger partial charge in [0.25, 0.3) is 17.1 Å². The van der Waals surface area contributed by atoms with Gasteiger partial charge in [-0.1, -0.05) is 24.3 Å². The number of ether oxygens (including phenoxy) is 2. The zero-order valence-electron chi connectivity index (χ0n) is 15.4. The molecule has 0 bridgehead atoms. The first-order chi connectivity index (χ1) is 14.1. The van der Waals surface area contributed by atoms with Gasteiger partial charge in [-0.3, -0.25) is 19.7 Å². The molecule has 2 heterocycles. The fraction of sp³-hybridized carbons (Fsp3) is 0.190. The summed E-state index contributed by atoms with van der Waals surface area (Å²) in [5, 5.41) is 1.86. The number of hydrogen-bond acceptors (Lipinski definition) is 6. The summed E-state index contributed by atoms with van der Waals surface area (Å²) in [7, 11) is 0. The number of fused-ring (bicyclic) bond motifs is 1. The average Bonchev–Trinajstić information content (AvgIpc) is 3.05. The third kappa shape index (κ3) is 4.43. The predicted molar refractivity (Wildman–Crippen MR) is 109 cm³/mol. The van der Waals surface area contributed by atoms with Crippen molar-refractivity contribution in [2.75, 3.05) is 19.9 Å². The van der Waals surface area contributed by atoms with Crippen LogP contribution in [0.1, 0.15) is 22.3 Å². The van der Waals surface area contributed by atoms with E-state index >= 15 is 0 Å². The normalized spacial score (nSPS) is 17.2. The van der Waals surface area contributed by atoms with E-state index in [9.17, 15) is 14.4 Å². The van der Waals surface area contributed by atoms with Crippen molar-refractivity contribution in [3.05, 3.63) is 64.6 Å². The molecule has 2 aliphatic heterocycles. The van der Waals surface area contributed by atoms with Gasteiger partial charge in [-0.05, 0) is 54.1 Å². The second-order valence-electron chi connectivity index (χ2n) is 6.46. The molecule has 4 rings (SSSR count). The summed E-state index contributed by atoms with van der Waals surface area (Å²) < 4.78 is 11.3. The van der Waals surface area contributed by atoms with Crippen LogP contribution in [0.3, 0.4) is 0 Å². The van der Waals surface area contributed by atoms with Crippen LogP contribution in [0, 0.1) is 0 Å². The third-order valence-electron chi connectivity index (χ3n) is 4.44. The highest BCUT2D eigenvalue weighted by Gasteiger charge is 2.25. The summed E-state index contributed by atoms with van der Waals surface area (Å²) in [6, 6.07) is 14.5. The Morgan fingerprint density at radius 2 is 1.90 bits per heavy atom. The van der Waals surface area contributed by atoms with Crippen LogP contribution < -0.4 is 14.8 Å². The Balaban J connectivity index is 1.25. The minimum absolute atomic E-state index is 0.0310. The molecule has 2 aromatic rings. The first-order valence-corrected chi connectivity index (χ1v) is 9.90. The van der Waals surface area contributed by atoms with Crippen LogP contribution >= 0.6 is 11.8 Å². The summed E-state index contributed by atoms with van der Waals surface area (Å²) in [4.78, 5) is 37.2. The van der Waals surface area contributed by atoms with Crippen molar-refractivity contribution < 1.29 is 23.9 Å². The van der Waals surface area contributed by atoms with Crippen molar-refractivity contribution in [3.63, 3.8) is 0 Å². The molecular formula is C21H18N2O5S. The summed E-state index contributed by atoms with van der Waals surface area (Å²) >= 11 is 0.887. The van der Waals surface area contributed by atoms with E-state index in [0.29, 0.717) is 41.5 Å². The minimum Gasteiger partial charge on any atom is -0.494 e. The van der Waals surface area contributed by atoms with Gasteiger partial charge in [0, 0.05) is 6.54 Å². The molecule has 0 unspecified atom stereocenters. The summed E-state index contributed by atoms with van der Waals surface area (Å²) in [6.07, 6.45) is 2.33. The van der Waals surface area contributed by atoms with Gasteiger partial charge in [0.2, 0.25) is 0 Å². The number of thioether (sulfide) groups is 1. The SMILES string of the molecule is O=C1NC(=O)/C(=C/c2ccc(OCCCN3COc4ccccc4C3=O)cc2)S1. The molecule has 1 saturated heterocycles. The van der Waals surface area contributed by atoms with Gasteiger partial charge in [-0.25, -0.2) is 0 Å². The van der Waals surface area contributed by atoms with Crippen molar-refractivity contribution in [2.45, 2.75) is 6.42 Å². The Kier molecular flexibility index (Phi) is 5.53. The molecular weight excluding hydrogens is 392 g/mol. The second-order valence-corrected chi connectivity index (χ2v) is 7.48. The van der Waals surface area contributed by atoms with E-state index in [4.69, 9.17) is 9.47 Å². The zero-order valence-corrected chi connectivity index (χ0v) is 16.2. The molecule has 1 N–H and O–H groups in total. The van der Waals surface area contributed by atoms with Crippen LogP contribution in [-0.4, -0.2) is 41.8 Å². The molecule has 0 atom stereocenters. The van der Waals surface area contributed by atoms with Gasteiger partial charge in [0.05, 0.1) is 17.1 Å². The van der Waals surface area contributed by atoms with E-state index in [1.807, 2.05) is 24.3 Å². The van der Waals surface area contributed by atoms with Crippen molar-refractivity contribution in [1.82, 2.24) is 10.2 Å². The Morgan fingerprint density at radius 3 is 2.66 bits per heavy atom.